The van der Waals surface area contributed by atoms with Gasteiger partial charge in [-0.2, -0.15) is 0 Å². The Balaban J connectivity index is 1.47. The molecule has 2 aromatic heterocycles. The molecule has 0 fully saturated rings. The Morgan fingerprint density at radius 2 is 2.10 bits per heavy atom. The van der Waals surface area contributed by atoms with Crippen LogP contribution in [-0.4, -0.2) is 34.4 Å². The van der Waals surface area contributed by atoms with Gasteiger partial charge in [-0.15, -0.1) is 11.3 Å². The van der Waals surface area contributed by atoms with Crippen molar-refractivity contribution in [3.05, 3.63) is 50.9 Å². The normalized spacial score (nSPS) is 20.4. The topological polar surface area (TPSA) is 81.5 Å². The number of Topliss-reactive ketones (excluding diaryl/α,β-unsaturated/α-hetero) is 1. The molecule has 1 aliphatic carbocycles. The number of nitrogens with zero attached hydrogens (tertiary/aromatic N) is 3. The van der Waals surface area contributed by atoms with Crippen molar-refractivity contribution < 1.29 is 14.3 Å². The van der Waals surface area contributed by atoms with Gasteiger partial charge in [0.1, 0.15) is 10.6 Å². The van der Waals surface area contributed by atoms with Crippen LogP contribution in [0.15, 0.2) is 29.3 Å². The Morgan fingerprint density at radius 1 is 1.29 bits per heavy atom. The second-order valence-corrected chi connectivity index (χ2v) is 9.56. The minimum absolute atomic E-state index is 0.101. The first-order chi connectivity index (χ1) is 14.8. The van der Waals surface area contributed by atoms with Crippen LogP contribution < -0.4 is 15.2 Å². The van der Waals surface area contributed by atoms with Crippen LogP contribution in [0.4, 0.5) is 5.69 Å². The molecule has 8 heteroatoms. The van der Waals surface area contributed by atoms with E-state index < -0.39 is 6.10 Å². The molecule has 160 valence electrons. The molecular weight excluding hydrogens is 414 g/mol. The minimum atomic E-state index is -0.560. The summed E-state index contributed by atoms with van der Waals surface area (Å²) in [5.41, 5.74) is 1.92. The van der Waals surface area contributed by atoms with Crippen molar-refractivity contribution in [2.24, 2.45) is 5.92 Å². The van der Waals surface area contributed by atoms with Gasteiger partial charge in [0.05, 0.1) is 23.9 Å². The second kappa shape index (κ2) is 7.30. The number of carbonyl (C=O) groups excluding carboxylic acids is 2. The number of ketones is 1. The zero-order valence-electron chi connectivity index (χ0n) is 17.7. The number of hydrogen-bond acceptors (Lipinski definition) is 6. The Hall–Kier alpha value is -3.00. The standard InChI is InChI=1S/C23H23N3O4S/c1-12-4-6-15-19(8-12)31-21-20(15)23(29)26(11-24-21)10-17(27)14-5-7-18-16(9-14)25(3)22(28)13(2)30-18/h5,7,9,11-13H,4,6,8,10H2,1-3H3. The summed E-state index contributed by atoms with van der Waals surface area (Å²) in [7, 11) is 1.66. The lowest BCUT2D eigenvalue weighted by atomic mass is 9.89. The molecule has 0 radical (unpaired) electrons. The average Bonchev–Trinajstić information content (AvgIpc) is 3.12. The highest BCUT2D eigenvalue weighted by Gasteiger charge is 2.29. The third kappa shape index (κ3) is 3.26. The zero-order valence-corrected chi connectivity index (χ0v) is 18.5. The number of likely N-dealkylation sites (N-methyl/N-ethyl adjacent to an activating group) is 1. The maximum absolute atomic E-state index is 13.2. The number of carbonyl (C=O) groups is 2. The molecule has 2 unspecified atom stereocenters. The summed E-state index contributed by atoms with van der Waals surface area (Å²) in [6.45, 7) is 3.82. The Morgan fingerprint density at radius 3 is 2.90 bits per heavy atom. The first kappa shape index (κ1) is 19.9. The molecule has 0 N–H and O–H groups in total. The Bertz CT molecular complexity index is 1290. The van der Waals surface area contributed by atoms with Crippen molar-refractivity contribution in [2.75, 3.05) is 11.9 Å². The fourth-order valence-electron chi connectivity index (χ4n) is 4.41. The van der Waals surface area contributed by atoms with Crippen LogP contribution in [0.2, 0.25) is 0 Å². The van der Waals surface area contributed by atoms with Gasteiger partial charge in [0.2, 0.25) is 0 Å². The monoisotopic (exact) mass is 437 g/mol. The predicted molar refractivity (Wildman–Crippen MR) is 119 cm³/mol. The van der Waals surface area contributed by atoms with Crippen molar-refractivity contribution in [3.63, 3.8) is 0 Å². The van der Waals surface area contributed by atoms with Crippen LogP contribution >= 0.6 is 11.3 Å². The molecule has 0 spiro atoms. The summed E-state index contributed by atoms with van der Waals surface area (Å²) in [5.74, 6) is 0.790. The summed E-state index contributed by atoms with van der Waals surface area (Å²) in [6, 6.07) is 5.01. The Kier molecular flexibility index (Phi) is 4.69. The molecule has 2 aliphatic rings. The lowest BCUT2D eigenvalue weighted by molar-refractivity contribution is -0.125. The van der Waals surface area contributed by atoms with E-state index in [1.807, 2.05) is 0 Å². The molecule has 0 saturated carbocycles. The highest BCUT2D eigenvalue weighted by Crippen LogP contribution is 2.36. The third-order valence-corrected chi connectivity index (χ3v) is 7.38. The molecule has 5 rings (SSSR count). The van der Waals surface area contributed by atoms with E-state index >= 15 is 0 Å². The number of rotatable bonds is 3. The van der Waals surface area contributed by atoms with Gasteiger partial charge < -0.3 is 9.64 Å². The summed E-state index contributed by atoms with van der Waals surface area (Å²) in [5, 5.41) is 0.667. The van der Waals surface area contributed by atoms with Crippen molar-refractivity contribution >= 4 is 38.9 Å². The van der Waals surface area contributed by atoms with Crippen LogP contribution in [0, 0.1) is 5.92 Å². The zero-order chi connectivity index (χ0) is 21.9. The molecule has 31 heavy (non-hydrogen) atoms. The van der Waals surface area contributed by atoms with Crippen LogP contribution in [-0.2, 0) is 24.2 Å². The summed E-state index contributed by atoms with van der Waals surface area (Å²) in [4.78, 5) is 46.3. The SMILES string of the molecule is CC1CCc2c(sc3ncn(CC(=O)c4ccc5c(c4)N(C)C(=O)C(C)O5)c(=O)c23)C1. The van der Waals surface area contributed by atoms with Gasteiger partial charge in [0.15, 0.2) is 11.9 Å². The number of benzene rings is 1. The fraction of sp³-hybridized carbons (Fsp3) is 0.391. The van der Waals surface area contributed by atoms with Gasteiger partial charge >= 0.3 is 0 Å². The van der Waals surface area contributed by atoms with E-state index in [1.54, 1.807) is 43.5 Å². The summed E-state index contributed by atoms with van der Waals surface area (Å²) < 4.78 is 7.01. The van der Waals surface area contributed by atoms with E-state index in [0.717, 1.165) is 29.7 Å². The van der Waals surface area contributed by atoms with E-state index in [0.29, 0.717) is 28.3 Å². The smallest absolute Gasteiger partial charge is 0.267 e. The highest BCUT2D eigenvalue weighted by atomic mass is 32.1. The quantitative estimate of drug-likeness (QED) is 0.588. The van der Waals surface area contributed by atoms with Gasteiger partial charge in [-0.3, -0.25) is 19.0 Å². The maximum atomic E-state index is 13.2. The summed E-state index contributed by atoms with van der Waals surface area (Å²) in [6.07, 6.45) is 3.84. The number of aromatic nitrogens is 2. The van der Waals surface area contributed by atoms with Crippen molar-refractivity contribution in [1.82, 2.24) is 9.55 Å². The van der Waals surface area contributed by atoms with Crippen molar-refractivity contribution in [3.8, 4) is 5.75 Å². The molecule has 1 aromatic carbocycles. The molecule has 1 aliphatic heterocycles. The molecule has 1 amide bonds. The number of fused-ring (bicyclic) bond motifs is 4. The average molecular weight is 438 g/mol. The second-order valence-electron chi connectivity index (χ2n) is 8.47. The molecular formula is C23H23N3O4S. The molecule has 0 bridgehead atoms. The number of amides is 1. The number of thiophene rings is 1. The van der Waals surface area contributed by atoms with Crippen LogP contribution in [0.5, 0.6) is 5.75 Å². The lowest BCUT2D eigenvalue weighted by Gasteiger charge is -2.30. The van der Waals surface area contributed by atoms with Gasteiger partial charge in [-0.1, -0.05) is 6.92 Å². The third-order valence-electron chi connectivity index (χ3n) is 6.22. The first-order valence-electron chi connectivity index (χ1n) is 10.4. The number of hydrogen-bond donors (Lipinski definition) is 0. The molecule has 0 saturated heterocycles. The van der Waals surface area contributed by atoms with Crippen molar-refractivity contribution in [2.45, 2.75) is 45.8 Å². The highest BCUT2D eigenvalue weighted by molar-refractivity contribution is 7.18. The number of anilines is 1. The van der Waals surface area contributed by atoms with Gasteiger partial charge in [-0.05, 0) is 55.9 Å². The number of ether oxygens (including phenoxy) is 1. The summed E-state index contributed by atoms with van der Waals surface area (Å²) >= 11 is 1.60. The van der Waals surface area contributed by atoms with Crippen LogP contribution in [0.1, 0.15) is 41.1 Å². The van der Waals surface area contributed by atoms with E-state index in [4.69, 9.17) is 4.74 Å². The maximum Gasteiger partial charge on any atom is 0.267 e. The van der Waals surface area contributed by atoms with Gasteiger partial charge in [0, 0.05) is 17.5 Å². The molecule has 2 atom stereocenters. The number of aryl methyl sites for hydroxylation is 1. The van der Waals surface area contributed by atoms with Crippen LogP contribution in [0.25, 0.3) is 10.2 Å². The molecule has 3 heterocycles. The van der Waals surface area contributed by atoms with E-state index in [2.05, 4.69) is 11.9 Å². The molecule has 3 aromatic rings. The van der Waals surface area contributed by atoms with Crippen LogP contribution in [0.3, 0.4) is 0 Å². The Labute approximate surface area is 183 Å². The molecule has 7 nitrogen and oxygen atoms in total. The van der Waals surface area contributed by atoms with E-state index in [-0.39, 0.29) is 23.8 Å². The van der Waals surface area contributed by atoms with E-state index in [9.17, 15) is 14.4 Å². The fourth-order valence-corrected chi connectivity index (χ4v) is 5.75. The first-order valence-corrected chi connectivity index (χ1v) is 11.3. The lowest BCUT2D eigenvalue weighted by Crippen LogP contribution is -2.42. The minimum Gasteiger partial charge on any atom is -0.479 e. The van der Waals surface area contributed by atoms with E-state index in [1.165, 1.54) is 20.7 Å². The van der Waals surface area contributed by atoms with Gasteiger partial charge in [-0.25, -0.2) is 4.98 Å². The van der Waals surface area contributed by atoms with Crippen molar-refractivity contribution in [1.29, 1.82) is 0 Å². The predicted octanol–water partition coefficient (Wildman–Crippen LogP) is 3.21. The van der Waals surface area contributed by atoms with Gasteiger partial charge in [0.25, 0.3) is 11.5 Å². The largest absolute Gasteiger partial charge is 0.479 e.